The first-order chi connectivity index (χ1) is 6.99. The number of nitrogens with zero attached hydrogens (tertiary/aromatic N) is 1. The van der Waals surface area contributed by atoms with Crippen LogP contribution >= 0.6 is 0 Å². The Kier molecular flexibility index (Phi) is 7.34. The van der Waals surface area contributed by atoms with Gasteiger partial charge >= 0.3 is 0 Å². The van der Waals surface area contributed by atoms with Gasteiger partial charge in [-0.1, -0.05) is 0 Å². The minimum Gasteiger partial charge on any atom is -0.396 e. The summed E-state index contributed by atoms with van der Waals surface area (Å²) in [6.07, 6.45) is 1.87. The summed E-state index contributed by atoms with van der Waals surface area (Å²) in [5.41, 5.74) is 5.61. The zero-order valence-electron chi connectivity index (χ0n) is 10.1. The first-order valence-electron chi connectivity index (χ1n) is 5.65. The number of aliphatic hydroxyl groups excluding tert-OH is 1. The third-order valence-corrected chi connectivity index (χ3v) is 2.31. The van der Waals surface area contributed by atoms with E-state index in [4.69, 9.17) is 10.8 Å². The third-order valence-electron chi connectivity index (χ3n) is 2.31. The maximum atomic E-state index is 11.8. The Morgan fingerprint density at radius 2 is 2.00 bits per heavy atom. The van der Waals surface area contributed by atoms with Crippen LogP contribution in [-0.2, 0) is 4.79 Å². The predicted molar refractivity (Wildman–Crippen MR) is 61.4 cm³/mol. The minimum absolute atomic E-state index is 0.0702. The van der Waals surface area contributed by atoms with Crippen molar-refractivity contribution in [1.82, 2.24) is 4.90 Å². The second-order valence-electron chi connectivity index (χ2n) is 4.27. The highest BCUT2D eigenvalue weighted by Crippen LogP contribution is 2.05. The molecule has 0 radical (unpaired) electrons. The van der Waals surface area contributed by atoms with Crippen molar-refractivity contribution in [2.45, 2.75) is 52.1 Å². The Labute approximate surface area is 92.4 Å². The van der Waals surface area contributed by atoms with Crippen LogP contribution in [0.3, 0.4) is 0 Å². The summed E-state index contributed by atoms with van der Waals surface area (Å²) in [7, 11) is 0. The SMILES string of the molecule is CC(N)CCC(=O)N(CCCO)C(C)C. The van der Waals surface area contributed by atoms with Crippen LogP contribution in [0.15, 0.2) is 0 Å². The Morgan fingerprint density at radius 1 is 1.40 bits per heavy atom. The lowest BCUT2D eigenvalue weighted by atomic mass is 10.1. The van der Waals surface area contributed by atoms with E-state index in [1.807, 2.05) is 20.8 Å². The van der Waals surface area contributed by atoms with Gasteiger partial charge in [-0.05, 0) is 33.6 Å². The third kappa shape index (κ3) is 6.47. The molecule has 90 valence electrons. The topological polar surface area (TPSA) is 66.6 Å². The van der Waals surface area contributed by atoms with Gasteiger partial charge in [-0.3, -0.25) is 4.79 Å². The van der Waals surface area contributed by atoms with Crippen LogP contribution in [0.4, 0.5) is 0 Å². The molecule has 1 amide bonds. The van der Waals surface area contributed by atoms with Gasteiger partial charge in [0.25, 0.3) is 0 Å². The van der Waals surface area contributed by atoms with E-state index >= 15 is 0 Å². The average molecular weight is 216 g/mol. The second kappa shape index (κ2) is 7.65. The molecule has 0 spiro atoms. The quantitative estimate of drug-likeness (QED) is 0.659. The molecule has 4 heteroatoms. The van der Waals surface area contributed by atoms with E-state index in [1.165, 1.54) is 0 Å². The van der Waals surface area contributed by atoms with Crippen molar-refractivity contribution < 1.29 is 9.90 Å². The molecule has 4 nitrogen and oxygen atoms in total. The van der Waals surface area contributed by atoms with E-state index in [2.05, 4.69) is 0 Å². The van der Waals surface area contributed by atoms with Gasteiger partial charge in [0.2, 0.25) is 5.91 Å². The molecule has 0 rings (SSSR count). The highest BCUT2D eigenvalue weighted by Gasteiger charge is 2.16. The van der Waals surface area contributed by atoms with E-state index in [1.54, 1.807) is 4.90 Å². The van der Waals surface area contributed by atoms with E-state index in [-0.39, 0.29) is 24.6 Å². The fourth-order valence-corrected chi connectivity index (χ4v) is 1.41. The lowest BCUT2D eigenvalue weighted by molar-refractivity contribution is -0.133. The van der Waals surface area contributed by atoms with Gasteiger partial charge in [-0.25, -0.2) is 0 Å². The standard InChI is InChI=1S/C11H24N2O2/c1-9(2)13(7-4-8-14)11(15)6-5-10(3)12/h9-10,14H,4-8,12H2,1-3H3. The Hall–Kier alpha value is -0.610. The van der Waals surface area contributed by atoms with E-state index < -0.39 is 0 Å². The van der Waals surface area contributed by atoms with Crippen molar-refractivity contribution in [3.8, 4) is 0 Å². The Bertz CT molecular complexity index is 181. The van der Waals surface area contributed by atoms with E-state index in [9.17, 15) is 4.79 Å². The molecule has 0 aromatic heterocycles. The van der Waals surface area contributed by atoms with Crippen LogP contribution in [0.1, 0.15) is 40.0 Å². The normalized spacial score (nSPS) is 12.9. The second-order valence-corrected chi connectivity index (χ2v) is 4.27. The molecule has 0 fully saturated rings. The molecule has 0 saturated carbocycles. The summed E-state index contributed by atoms with van der Waals surface area (Å²) < 4.78 is 0. The van der Waals surface area contributed by atoms with Crippen molar-refractivity contribution in [2.75, 3.05) is 13.2 Å². The van der Waals surface area contributed by atoms with E-state index in [0.717, 1.165) is 6.42 Å². The largest absolute Gasteiger partial charge is 0.396 e. The number of aliphatic hydroxyl groups is 1. The molecular weight excluding hydrogens is 192 g/mol. The molecule has 3 N–H and O–H groups in total. The summed E-state index contributed by atoms with van der Waals surface area (Å²) in [5.74, 6) is 0.135. The number of carbonyl (C=O) groups excluding carboxylic acids is 1. The van der Waals surface area contributed by atoms with Gasteiger partial charge in [0.15, 0.2) is 0 Å². The summed E-state index contributed by atoms with van der Waals surface area (Å²) in [4.78, 5) is 13.6. The van der Waals surface area contributed by atoms with Crippen LogP contribution in [0.25, 0.3) is 0 Å². The lowest BCUT2D eigenvalue weighted by Crippen LogP contribution is -2.38. The van der Waals surface area contributed by atoms with Gasteiger partial charge in [-0.15, -0.1) is 0 Å². The number of hydrogen-bond donors (Lipinski definition) is 2. The molecule has 15 heavy (non-hydrogen) atoms. The average Bonchev–Trinajstić information content (AvgIpc) is 2.14. The molecule has 0 bridgehead atoms. The van der Waals surface area contributed by atoms with Crippen molar-refractivity contribution in [3.05, 3.63) is 0 Å². The van der Waals surface area contributed by atoms with Crippen LogP contribution < -0.4 is 5.73 Å². The number of carbonyl (C=O) groups is 1. The zero-order chi connectivity index (χ0) is 11.8. The maximum Gasteiger partial charge on any atom is 0.222 e. The van der Waals surface area contributed by atoms with Gasteiger partial charge in [-0.2, -0.15) is 0 Å². The van der Waals surface area contributed by atoms with Crippen LogP contribution in [-0.4, -0.2) is 41.1 Å². The lowest BCUT2D eigenvalue weighted by Gasteiger charge is -2.26. The minimum atomic E-state index is 0.0702. The highest BCUT2D eigenvalue weighted by molar-refractivity contribution is 5.76. The van der Waals surface area contributed by atoms with Crippen LogP contribution in [0.2, 0.25) is 0 Å². The van der Waals surface area contributed by atoms with Crippen molar-refractivity contribution in [2.24, 2.45) is 5.73 Å². The van der Waals surface area contributed by atoms with Crippen LogP contribution in [0, 0.1) is 0 Å². The van der Waals surface area contributed by atoms with Crippen molar-refractivity contribution >= 4 is 5.91 Å². The van der Waals surface area contributed by atoms with Crippen molar-refractivity contribution in [3.63, 3.8) is 0 Å². The maximum absolute atomic E-state index is 11.8. The molecule has 0 heterocycles. The van der Waals surface area contributed by atoms with Gasteiger partial charge in [0.05, 0.1) is 0 Å². The summed E-state index contributed by atoms with van der Waals surface area (Å²) >= 11 is 0. The molecular formula is C11H24N2O2. The highest BCUT2D eigenvalue weighted by atomic mass is 16.3. The fraction of sp³-hybridized carbons (Fsp3) is 0.909. The first-order valence-corrected chi connectivity index (χ1v) is 5.65. The van der Waals surface area contributed by atoms with Gasteiger partial charge in [0, 0.05) is 31.7 Å². The first kappa shape index (κ1) is 14.4. The number of nitrogens with two attached hydrogens (primary N) is 1. The number of hydrogen-bond acceptors (Lipinski definition) is 3. The molecule has 0 saturated heterocycles. The molecule has 0 aromatic rings. The van der Waals surface area contributed by atoms with Crippen LogP contribution in [0.5, 0.6) is 0 Å². The summed E-state index contributed by atoms with van der Waals surface area (Å²) in [6.45, 7) is 6.64. The predicted octanol–water partition coefficient (Wildman–Crippen LogP) is 0.733. The van der Waals surface area contributed by atoms with Crippen molar-refractivity contribution in [1.29, 1.82) is 0 Å². The molecule has 0 aliphatic rings. The Balaban J connectivity index is 4.05. The molecule has 1 unspecified atom stereocenters. The van der Waals surface area contributed by atoms with Gasteiger partial charge in [0.1, 0.15) is 0 Å². The molecule has 0 aliphatic carbocycles. The number of rotatable bonds is 7. The monoisotopic (exact) mass is 216 g/mol. The smallest absolute Gasteiger partial charge is 0.222 e. The number of amides is 1. The Morgan fingerprint density at radius 3 is 2.40 bits per heavy atom. The zero-order valence-corrected chi connectivity index (χ0v) is 10.1. The molecule has 0 aromatic carbocycles. The fourth-order valence-electron chi connectivity index (χ4n) is 1.41. The summed E-state index contributed by atoms with van der Waals surface area (Å²) in [6, 6.07) is 0.262. The molecule has 1 atom stereocenters. The molecule has 0 aliphatic heterocycles. The summed E-state index contributed by atoms with van der Waals surface area (Å²) in [5, 5.41) is 8.74. The van der Waals surface area contributed by atoms with E-state index in [0.29, 0.717) is 19.4 Å². The van der Waals surface area contributed by atoms with Gasteiger partial charge < -0.3 is 15.7 Å².